The van der Waals surface area contributed by atoms with Crippen LogP contribution in [0.4, 0.5) is 0 Å². The van der Waals surface area contributed by atoms with Crippen LogP contribution in [0.2, 0.25) is 0 Å². The smallest absolute Gasteiger partial charge is 0.391 e. The Morgan fingerprint density at radius 3 is 1.89 bits per heavy atom. The number of amides is 1. The van der Waals surface area contributed by atoms with Crippen LogP contribution in [0.5, 0.6) is 0 Å². The van der Waals surface area contributed by atoms with E-state index in [0.29, 0.717) is 23.9 Å². The number of likely N-dealkylation sites (N-methyl/N-ethyl adjacent to an activating group) is 1. The van der Waals surface area contributed by atoms with Crippen LogP contribution in [0.3, 0.4) is 0 Å². The van der Waals surface area contributed by atoms with E-state index >= 15 is 0 Å². The molecule has 3 N–H and O–H groups in total. The number of hydrogen-bond donors (Lipinski definition) is 3. The zero-order valence-electron chi connectivity index (χ0n) is 29.1. The van der Waals surface area contributed by atoms with E-state index in [0.717, 1.165) is 64.2 Å². The average molecular weight is 646 g/mol. The molecule has 9 heteroatoms. The number of phosphoric ester groups is 1. The highest BCUT2D eigenvalue weighted by molar-refractivity contribution is 7.47. The average Bonchev–Trinajstić information content (AvgIpc) is 2.95. The van der Waals surface area contributed by atoms with Crippen molar-refractivity contribution in [3.63, 3.8) is 0 Å². The number of hydrogen-bond acceptors (Lipinski definition) is 5. The highest BCUT2D eigenvalue weighted by Crippen LogP contribution is 2.43. The fourth-order valence-corrected chi connectivity index (χ4v) is 5.51. The molecule has 260 valence electrons. The molecule has 0 fully saturated rings. The number of unbranched alkanes of at least 4 members (excludes halogenated alkanes) is 14. The second-order valence-electron chi connectivity index (χ2n) is 13.2. The number of nitrogens with one attached hydrogen (secondary N) is 1. The first-order chi connectivity index (χ1) is 21.0. The predicted octanol–water partition coefficient (Wildman–Crippen LogP) is 8.63. The number of aliphatic hydroxyl groups is 1. The molecule has 0 aromatic rings. The summed E-state index contributed by atoms with van der Waals surface area (Å²) in [5.41, 5.74) is 0. The SMILES string of the molecule is CCCCCC/C=C\C/C=C\CCCCCCCC(=O)NC(COP(=O)(O)OCC[N+](C)(C)C)C(O)CCCCCCCC. The molecule has 0 bridgehead atoms. The first-order valence-corrected chi connectivity index (χ1v) is 19.2. The number of phosphoric acid groups is 1. The Hall–Kier alpha value is -1.02. The van der Waals surface area contributed by atoms with Crippen LogP contribution in [-0.2, 0) is 18.4 Å². The van der Waals surface area contributed by atoms with Gasteiger partial charge < -0.3 is 19.8 Å². The summed E-state index contributed by atoms with van der Waals surface area (Å²) >= 11 is 0. The molecule has 0 spiro atoms. The summed E-state index contributed by atoms with van der Waals surface area (Å²) < 4.78 is 23.3. The maximum Gasteiger partial charge on any atom is 0.472 e. The maximum absolute atomic E-state index is 12.7. The molecule has 0 aliphatic carbocycles. The number of quaternary nitrogens is 1. The Morgan fingerprint density at radius 2 is 1.30 bits per heavy atom. The maximum atomic E-state index is 12.7. The summed E-state index contributed by atoms with van der Waals surface area (Å²) in [6, 6.07) is -0.761. The van der Waals surface area contributed by atoms with Crippen molar-refractivity contribution in [2.75, 3.05) is 40.9 Å². The highest BCUT2D eigenvalue weighted by Gasteiger charge is 2.28. The minimum atomic E-state index is -4.30. The van der Waals surface area contributed by atoms with E-state index in [1.807, 2.05) is 21.1 Å². The van der Waals surface area contributed by atoms with Gasteiger partial charge in [-0.15, -0.1) is 0 Å². The standard InChI is InChI=1S/C35H69N2O6P/c1-6-8-10-12-14-15-16-17-18-19-20-21-22-23-25-27-29-35(39)36-33(34(38)28-26-24-13-11-9-7-2)32-43-44(40,41)42-31-30-37(3,4)5/h15-16,18-19,33-34,38H,6-14,17,20-32H2,1-5H3,(H-,36,39,40,41)/p+1/b16-15-,19-18-. The molecule has 0 radical (unpaired) electrons. The fourth-order valence-electron chi connectivity index (χ4n) is 4.78. The minimum Gasteiger partial charge on any atom is -0.391 e. The molecule has 0 saturated heterocycles. The summed E-state index contributed by atoms with van der Waals surface area (Å²) in [6.45, 7) is 4.76. The van der Waals surface area contributed by atoms with Crippen molar-refractivity contribution in [1.82, 2.24) is 5.32 Å². The zero-order chi connectivity index (χ0) is 32.9. The van der Waals surface area contributed by atoms with Crippen molar-refractivity contribution in [2.45, 2.75) is 154 Å². The van der Waals surface area contributed by atoms with Gasteiger partial charge in [-0.25, -0.2) is 4.57 Å². The third-order valence-corrected chi connectivity index (χ3v) is 8.69. The molecular weight excluding hydrogens is 575 g/mol. The van der Waals surface area contributed by atoms with Crippen molar-refractivity contribution in [2.24, 2.45) is 0 Å². The molecule has 44 heavy (non-hydrogen) atoms. The van der Waals surface area contributed by atoms with Crippen molar-refractivity contribution >= 4 is 13.7 Å². The van der Waals surface area contributed by atoms with Crippen LogP contribution in [-0.4, -0.2) is 73.4 Å². The Labute approximate surface area is 271 Å². The topological polar surface area (TPSA) is 105 Å². The van der Waals surface area contributed by atoms with Gasteiger partial charge in [0.2, 0.25) is 5.91 Å². The first-order valence-electron chi connectivity index (χ1n) is 17.7. The summed E-state index contributed by atoms with van der Waals surface area (Å²) in [6.07, 6.45) is 29.3. The lowest BCUT2D eigenvalue weighted by Crippen LogP contribution is -2.46. The van der Waals surface area contributed by atoms with Gasteiger partial charge in [-0.05, 0) is 44.9 Å². The van der Waals surface area contributed by atoms with E-state index in [-0.39, 0.29) is 19.1 Å². The molecular formula is C35H70N2O6P+. The Morgan fingerprint density at radius 1 is 0.773 bits per heavy atom. The molecule has 1 amide bonds. The van der Waals surface area contributed by atoms with Gasteiger partial charge in [0.25, 0.3) is 0 Å². The van der Waals surface area contributed by atoms with Gasteiger partial charge in [0.05, 0.1) is 39.9 Å². The van der Waals surface area contributed by atoms with E-state index in [9.17, 15) is 19.4 Å². The largest absolute Gasteiger partial charge is 0.472 e. The van der Waals surface area contributed by atoms with Crippen molar-refractivity contribution < 1.29 is 32.9 Å². The van der Waals surface area contributed by atoms with Crippen molar-refractivity contribution in [3.05, 3.63) is 24.3 Å². The fraction of sp³-hybridized carbons (Fsp3) is 0.857. The van der Waals surface area contributed by atoms with Crippen LogP contribution in [0.25, 0.3) is 0 Å². The zero-order valence-corrected chi connectivity index (χ0v) is 30.0. The molecule has 3 unspecified atom stereocenters. The van der Waals surface area contributed by atoms with Crippen molar-refractivity contribution in [3.8, 4) is 0 Å². The number of carbonyl (C=O) groups is 1. The Bertz CT molecular complexity index is 784. The molecule has 0 rings (SSSR count). The van der Waals surface area contributed by atoms with E-state index in [1.54, 1.807) is 0 Å². The molecule has 0 heterocycles. The van der Waals surface area contributed by atoms with E-state index in [1.165, 1.54) is 51.4 Å². The normalized spacial score (nSPS) is 15.2. The van der Waals surface area contributed by atoms with E-state index in [2.05, 4.69) is 43.5 Å². The second-order valence-corrected chi connectivity index (χ2v) is 14.7. The molecule has 0 aromatic carbocycles. The van der Waals surface area contributed by atoms with E-state index in [4.69, 9.17) is 9.05 Å². The van der Waals surface area contributed by atoms with Gasteiger partial charge in [0, 0.05) is 6.42 Å². The molecule has 0 aromatic heterocycles. The van der Waals surface area contributed by atoms with Crippen molar-refractivity contribution in [1.29, 1.82) is 0 Å². The number of aliphatic hydroxyl groups excluding tert-OH is 1. The molecule has 0 aliphatic heterocycles. The van der Waals surface area contributed by atoms with Gasteiger partial charge in [0.15, 0.2) is 0 Å². The van der Waals surface area contributed by atoms with Gasteiger partial charge in [-0.1, -0.05) is 115 Å². The van der Waals surface area contributed by atoms with Gasteiger partial charge in [0.1, 0.15) is 13.2 Å². The molecule has 8 nitrogen and oxygen atoms in total. The Balaban J connectivity index is 4.39. The third-order valence-electron chi connectivity index (χ3n) is 7.70. The summed E-state index contributed by atoms with van der Waals surface area (Å²) in [5, 5.41) is 13.7. The number of carbonyl (C=O) groups excluding carboxylic acids is 1. The third kappa shape index (κ3) is 29.7. The van der Waals surface area contributed by atoms with E-state index < -0.39 is 20.0 Å². The van der Waals surface area contributed by atoms with Gasteiger partial charge >= 0.3 is 7.82 Å². The highest BCUT2D eigenvalue weighted by atomic mass is 31.2. The minimum absolute atomic E-state index is 0.0709. The number of rotatable bonds is 31. The van der Waals surface area contributed by atoms with Crippen LogP contribution in [0, 0.1) is 0 Å². The second kappa shape index (κ2) is 28.2. The quantitative estimate of drug-likeness (QED) is 0.0302. The molecule has 0 saturated carbocycles. The van der Waals surface area contributed by atoms with Gasteiger partial charge in [-0.3, -0.25) is 13.8 Å². The molecule has 3 atom stereocenters. The summed E-state index contributed by atoms with van der Waals surface area (Å²) in [7, 11) is 1.60. The summed E-state index contributed by atoms with van der Waals surface area (Å²) in [5.74, 6) is -0.166. The molecule has 0 aliphatic rings. The first kappa shape index (κ1) is 43.0. The number of allylic oxidation sites excluding steroid dienone is 4. The van der Waals surface area contributed by atoms with Crippen LogP contribution in [0.1, 0.15) is 142 Å². The monoisotopic (exact) mass is 645 g/mol. The lowest BCUT2D eigenvalue weighted by atomic mass is 10.0. The number of nitrogens with zero attached hydrogens (tertiary/aromatic N) is 1. The lowest BCUT2D eigenvalue weighted by Gasteiger charge is -2.26. The predicted molar refractivity (Wildman–Crippen MR) is 185 cm³/mol. The van der Waals surface area contributed by atoms with Gasteiger partial charge in [-0.2, -0.15) is 0 Å². The van der Waals surface area contributed by atoms with Crippen LogP contribution < -0.4 is 5.32 Å². The summed E-state index contributed by atoms with van der Waals surface area (Å²) in [4.78, 5) is 22.8. The van der Waals surface area contributed by atoms with Crippen LogP contribution in [0.15, 0.2) is 24.3 Å². The lowest BCUT2D eigenvalue weighted by molar-refractivity contribution is -0.870. The Kier molecular flexibility index (Phi) is 27.6. The van der Waals surface area contributed by atoms with Crippen LogP contribution >= 0.6 is 7.82 Å².